The van der Waals surface area contributed by atoms with Crippen LogP contribution in [0.3, 0.4) is 0 Å². The lowest BCUT2D eigenvalue weighted by molar-refractivity contribution is 0.283. The average Bonchev–Trinajstić information content (AvgIpc) is 3.43. The van der Waals surface area contributed by atoms with E-state index < -0.39 is 0 Å². The van der Waals surface area contributed by atoms with E-state index in [9.17, 15) is 4.79 Å². The molecule has 8 heteroatoms. The summed E-state index contributed by atoms with van der Waals surface area (Å²) in [5, 5.41) is 2.32. The van der Waals surface area contributed by atoms with Crippen LogP contribution >= 0.6 is 27.3 Å². The van der Waals surface area contributed by atoms with Crippen molar-refractivity contribution in [3.05, 3.63) is 161 Å². The second kappa shape index (κ2) is 12.6. The molecule has 8 rings (SSSR count). The Kier molecular flexibility index (Phi) is 7.98. The fourth-order valence-electron chi connectivity index (χ4n) is 6.87. The minimum atomic E-state index is -0.325. The SMILES string of the molecule is COc1ccccc1C1C2=C(N=c3s/c(=C\c4cc(Br)c(OCc5cccc6ccccc56)c(OC)c4)c(=O)n31)c1ccccc1CC2. The molecule has 0 saturated heterocycles. The molecule has 5 aromatic carbocycles. The van der Waals surface area contributed by atoms with E-state index in [-0.39, 0.29) is 11.6 Å². The van der Waals surface area contributed by atoms with E-state index in [1.54, 1.807) is 14.2 Å². The second-order valence-corrected chi connectivity index (χ2v) is 13.7. The molecule has 0 radical (unpaired) electrons. The lowest BCUT2D eigenvalue weighted by Crippen LogP contribution is -2.39. The molecule has 0 spiro atoms. The Hall–Kier alpha value is -4.92. The summed E-state index contributed by atoms with van der Waals surface area (Å²) in [6, 6.07) is 34.4. The lowest BCUT2D eigenvalue weighted by Gasteiger charge is -2.31. The largest absolute Gasteiger partial charge is 0.496 e. The van der Waals surface area contributed by atoms with Gasteiger partial charge < -0.3 is 14.2 Å². The topological polar surface area (TPSA) is 62.0 Å². The van der Waals surface area contributed by atoms with Crippen LogP contribution in [0.5, 0.6) is 17.2 Å². The summed E-state index contributed by atoms with van der Waals surface area (Å²) in [5.74, 6) is 1.92. The molecule has 1 aliphatic heterocycles. The van der Waals surface area contributed by atoms with Crippen LogP contribution in [0, 0.1) is 0 Å². The van der Waals surface area contributed by atoms with Gasteiger partial charge in [-0.05, 0) is 86.1 Å². The third-order valence-corrected chi connectivity index (χ3v) is 10.7. The number of rotatable bonds is 7. The number of ether oxygens (including phenoxy) is 3. The van der Waals surface area contributed by atoms with E-state index in [1.165, 1.54) is 22.3 Å². The number of aromatic nitrogens is 1. The molecule has 0 N–H and O–H groups in total. The van der Waals surface area contributed by atoms with Crippen molar-refractivity contribution >= 4 is 49.8 Å². The van der Waals surface area contributed by atoms with Crippen molar-refractivity contribution in [2.45, 2.75) is 25.5 Å². The van der Waals surface area contributed by atoms with E-state index in [0.29, 0.717) is 27.4 Å². The number of hydrogen-bond donors (Lipinski definition) is 0. The van der Waals surface area contributed by atoms with Crippen molar-refractivity contribution in [2.75, 3.05) is 14.2 Å². The second-order valence-electron chi connectivity index (χ2n) is 11.8. The van der Waals surface area contributed by atoms with Crippen molar-refractivity contribution in [2.24, 2.45) is 4.99 Å². The first-order valence-electron chi connectivity index (χ1n) is 15.8. The average molecular weight is 716 g/mol. The molecule has 238 valence electrons. The van der Waals surface area contributed by atoms with Crippen molar-refractivity contribution in [3.63, 3.8) is 0 Å². The van der Waals surface area contributed by atoms with Gasteiger partial charge in [0.25, 0.3) is 5.56 Å². The van der Waals surface area contributed by atoms with Gasteiger partial charge in [-0.3, -0.25) is 9.36 Å². The number of para-hydroxylation sites is 1. The Balaban J connectivity index is 1.22. The van der Waals surface area contributed by atoms with E-state index in [1.807, 2.05) is 59.2 Å². The fourth-order valence-corrected chi connectivity index (χ4v) is 8.45. The monoisotopic (exact) mass is 714 g/mol. The summed E-state index contributed by atoms with van der Waals surface area (Å²) in [6.07, 6.45) is 3.61. The number of benzene rings is 5. The molecule has 0 bridgehead atoms. The Morgan fingerprint density at radius 3 is 2.54 bits per heavy atom. The van der Waals surface area contributed by atoms with Gasteiger partial charge >= 0.3 is 0 Å². The number of nitrogens with zero attached hydrogens (tertiary/aromatic N) is 2. The van der Waals surface area contributed by atoms with Gasteiger partial charge in [0.05, 0.1) is 35.0 Å². The number of fused-ring (bicyclic) bond motifs is 4. The van der Waals surface area contributed by atoms with Crippen molar-refractivity contribution in [3.8, 4) is 17.2 Å². The van der Waals surface area contributed by atoms with Gasteiger partial charge in [-0.2, -0.15) is 0 Å². The Morgan fingerprint density at radius 2 is 1.67 bits per heavy atom. The molecule has 0 saturated carbocycles. The summed E-state index contributed by atoms with van der Waals surface area (Å²) in [6.45, 7) is 0.380. The number of allylic oxidation sites excluding steroid dienone is 1. The Morgan fingerprint density at radius 1 is 0.896 bits per heavy atom. The normalized spacial score (nSPS) is 15.4. The van der Waals surface area contributed by atoms with E-state index in [4.69, 9.17) is 19.2 Å². The predicted octanol–water partition coefficient (Wildman–Crippen LogP) is 7.83. The Labute approximate surface area is 290 Å². The number of hydrogen-bond acceptors (Lipinski definition) is 6. The van der Waals surface area contributed by atoms with Crippen LogP contribution in [-0.4, -0.2) is 18.8 Å². The fraction of sp³-hybridized carbons (Fsp3) is 0.150. The number of aryl methyl sites for hydroxylation is 1. The number of halogens is 1. The molecule has 6 aromatic rings. The van der Waals surface area contributed by atoms with Gasteiger partial charge in [0, 0.05) is 11.1 Å². The van der Waals surface area contributed by atoms with Gasteiger partial charge in [-0.25, -0.2) is 4.99 Å². The van der Waals surface area contributed by atoms with Crippen molar-refractivity contribution in [1.82, 2.24) is 4.57 Å². The summed E-state index contributed by atoms with van der Waals surface area (Å²) in [7, 11) is 3.30. The number of methoxy groups -OCH3 is 2. The zero-order chi connectivity index (χ0) is 32.8. The van der Waals surface area contributed by atoms with Crippen LogP contribution in [0.15, 0.2) is 123 Å². The van der Waals surface area contributed by atoms with Crippen LogP contribution < -0.4 is 29.1 Å². The van der Waals surface area contributed by atoms with Crippen LogP contribution in [0.25, 0.3) is 22.5 Å². The highest BCUT2D eigenvalue weighted by atomic mass is 79.9. The third-order valence-electron chi connectivity index (χ3n) is 9.11. The highest BCUT2D eigenvalue weighted by Crippen LogP contribution is 2.43. The lowest BCUT2D eigenvalue weighted by atomic mass is 9.83. The van der Waals surface area contributed by atoms with Gasteiger partial charge in [0.15, 0.2) is 16.3 Å². The maximum Gasteiger partial charge on any atom is 0.271 e. The standard InChI is InChI=1S/C40H31BrN2O4S/c1-45-33-17-8-7-16-30(33)37-31-19-18-26-11-4-6-15-29(26)36(31)42-40-43(37)39(44)35(48-40)22-24-20-32(41)38(34(21-24)46-2)47-23-27-13-9-12-25-10-3-5-14-28(25)27/h3-17,20-22,37H,18-19,23H2,1-2H3/b35-22-. The Bertz CT molecular complexity index is 2440. The van der Waals surface area contributed by atoms with Crippen LogP contribution in [0.2, 0.25) is 0 Å². The molecular weight excluding hydrogens is 684 g/mol. The molecule has 1 unspecified atom stereocenters. The molecule has 1 aromatic heterocycles. The first-order valence-corrected chi connectivity index (χ1v) is 17.4. The van der Waals surface area contributed by atoms with Crippen molar-refractivity contribution < 1.29 is 14.2 Å². The zero-order valence-electron chi connectivity index (χ0n) is 26.4. The van der Waals surface area contributed by atoms with Gasteiger partial charge in [-0.1, -0.05) is 96.3 Å². The summed E-state index contributed by atoms with van der Waals surface area (Å²) < 4.78 is 21.1. The minimum Gasteiger partial charge on any atom is -0.496 e. The summed E-state index contributed by atoms with van der Waals surface area (Å²) in [4.78, 5) is 20.2. The summed E-state index contributed by atoms with van der Waals surface area (Å²) >= 11 is 5.12. The minimum absolute atomic E-state index is 0.0913. The maximum absolute atomic E-state index is 14.3. The molecule has 48 heavy (non-hydrogen) atoms. The molecule has 1 atom stereocenters. The molecular formula is C40H31BrN2O4S. The molecule has 0 amide bonds. The van der Waals surface area contributed by atoms with E-state index in [0.717, 1.165) is 62.0 Å². The van der Waals surface area contributed by atoms with Gasteiger partial charge in [0.2, 0.25) is 0 Å². The van der Waals surface area contributed by atoms with Gasteiger partial charge in [0.1, 0.15) is 12.4 Å². The predicted molar refractivity (Wildman–Crippen MR) is 195 cm³/mol. The smallest absolute Gasteiger partial charge is 0.271 e. The molecule has 1 aliphatic carbocycles. The zero-order valence-corrected chi connectivity index (χ0v) is 28.8. The van der Waals surface area contributed by atoms with Gasteiger partial charge in [-0.15, -0.1) is 0 Å². The first-order chi connectivity index (χ1) is 23.5. The highest BCUT2D eigenvalue weighted by Gasteiger charge is 2.34. The first kappa shape index (κ1) is 30.4. The maximum atomic E-state index is 14.3. The van der Waals surface area contributed by atoms with Crippen LogP contribution in [0.1, 0.15) is 40.3 Å². The van der Waals surface area contributed by atoms with E-state index in [2.05, 4.69) is 70.5 Å². The molecule has 2 heterocycles. The van der Waals surface area contributed by atoms with Crippen LogP contribution in [0.4, 0.5) is 0 Å². The third kappa shape index (κ3) is 5.25. The number of thiazole rings is 1. The molecule has 2 aliphatic rings. The molecule has 6 nitrogen and oxygen atoms in total. The van der Waals surface area contributed by atoms with Crippen molar-refractivity contribution in [1.29, 1.82) is 0 Å². The highest BCUT2D eigenvalue weighted by molar-refractivity contribution is 9.10. The molecule has 0 fully saturated rings. The van der Waals surface area contributed by atoms with Crippen LogP contribution in [-0.2, 0) is 13.0 Å². The van der Waals surface area contributed by atoms with E-state index >= 15 is 0 Å². The quantitative estimate of drug-likeness (QED) is 0.169. The summed E-state index contributed by atoms with van der Waals surface area (Å²) in [5.41, 5.74) is 7.25.